The molecule has 0 aliphatic heterocycles. The predicted molar refractivity (Wildman–Crippen MR) is 71.0 cm³/mol. The molecule has 0 atom stereocenters. The number of aryl methyl sites for hydroxylation is 1. The fourth-order valence-corrected chi connectivity index (χ4v) is 1.89. The summed E-state index contributed by atoms with van der Waals surface area (Å²) in [5, 5.41) is 8.15. The van der Waals surface area contributed by atoms with Gasteiger partial charge in [0.1, 0.15) is 5.82 Å². The van der Waals surface area contributed by atoms with Gasteiger partial charge < -0.3 is 10.6 Å². The molecular formula is C12H25N5. The molecule has 1 aromatic heterocycles. The van der Waals surface area contributed by atoms with Crippen molar-refractivity contribution in [2.45, 2.75) is 40.2 Å². The topological polar surface area (TPSA) is 60.0 Å². The number of anilines is 1. The largest absolute Gasteiger partial charge is 0.355 e. The van der Waals surface area contributed by atoms with Gasteiger partial charge in [0, 0.05) is 19.6 Å². The van der Waals surface area contributed by atoms with Gasteiger partial charge in [0.15, 0.2) is 0 Å². The molecule has 0 aliphatic rings. The summed E-state index contributed by atoms with van der Waals surface area (Å²) < 4.78 is 1.99. The van der Waals surface area contributed by atoms with Gasteiger partial charge in [-0.3, -0.25) is 0 Å². The molecule has 1 heterocycles. The molecule has 0 radical (unpaired) electrons. The van der Waals surface area contributed by atoms with E-state index < -0.39 is 0 Å². The minimum absolute atomic E-state index is 0.623. The third kappa shape index (κ3) is 4.34. The standard InChI is InChI=1S/C12H25N5/c1-4-7-17-12(9-14-15-17)16(8-5-6-13)10-11(2)3/h9,11H,4-8,10,13H2,1-3H3. The van der Waals surface area contributed by atoms with E-state index in [0.717, 1.165) is 44.8 Å². The average Bonchev–Trinajstić information content (AvgIpc) is 2.72. The molecular weight excluding hydrogens is 214 g/mol. The molecule has 0 saturated heterocycles. The second kappa shape index (κ2) is 7.27. The Morgan fingerprint density at radius 3 is 2.82 bits per heavy atom. The number of aromatic nitrogens is 3. The van der Waals surface area contributed by atoms with Gasteiger partial charge in [-0.1, -0.05) is 26.0 Å². The molecule has 0 aliphatic carbocycles. The summed E-state index contributed by atoms with van der Waals surface area (Å²) in [6.07, 6.45) is 3.93. The third-order valence-corrected chi connectivity index (χ3v) is 2.57. The summed E-state index contributed by atoms with van der Waals surface area (Å²) in [4.78, 5) is 2.34. The highest BCUT2D eigenvalue weighted by atomic mass is 15.5. The van der Waals surface area contributed by atoms with Gasteiger partial charge >= 0.3 is 0 Å². The van der Waals surface area contributed by atoms with Crippen LogP contribution in [0.25, 0.3) is 0 Å². The zero-order chi connectivity index (χ0) is 12.7. The quantitative estimate of drug-likeness (QED) is 0.747. The molecule has 0 spiro atoms. The first kappa shape index (κ1) is 14.0. The van der Waals surface area contributed by atoms with Crippen LogP contribution >= 0.6 is 0 Å². The fraction of sp³-hybridized carbons (Fsp3) is 0.833. The maximum atomic E-state index is 5.59. The first-order valence-corrected chi connectivity index (χ1v) is 6.52. The van der Waals surface area contributed by atoms with Crippen molar-refractivity contribution >= 4 is 5.82 Å². The fourth-order valence-electron chi connectivity index (χ4n) is 1.89. The molecule has 17 heavy (non-hydrogen) atoms. The van der Waals surface area contributed by atoms with Crippen LogP contribution in [0.3, 0.4) is 0 Å². The van der Waals surface area contributed by atoms with Crippen molar-refractivity contribution in [1.82, 2.24) is 15.0 Å². The van der Waals surface area contributed by atoms with Crippen LogP contribution in [0.15, 0.2) is 6.20 Å². The van der Waals surface area contributed by atoms with Crippen molar-refractivity contribution in [2.24, 2.45) is 11.7 Å². The second-order valence-corrected chi connectivity index (χ2v) is 4.80. The number of nitrogens with zero attached hydrogens (tertiary/aromatic N) is 4. The van der Waals surface area contributed by atoms with E-state index >= 15 is 0 Å². The Morgan fingerprint density at radius 2 is 2.24 bits per heavy atom. The molecule has 1 aromatic rings. The van der Waals surface area contributed by atoms with E-state index in [1.165, 1.54) is 0 Å². The Hall–Kier alpha value is -1.10. The first-order valence-electron chi connectivity index (χ1n) is 6.52. The smallest absolute Gasteiger partial charge is 0.147 e. The van der Waals surface area contributed by atoms with Crippen molar-refractivity contribution in [1.29, 1.82) is 0 Å². The average molecular weight is 239 g/mol. The van der Waals surface area contributed by atoms with Crippen molar-refractivity contribution < 1.29 is 0 Å². The minimum Gasteiger partial charge on any atom is -0.355 e. The Bertz CT molecular complexity index is 308. The van der Waals surface area contributed by atoms with Crippen LogP contribution in [0.5, 0.6) is 0 Å². The molecule has 1 rings (SSSR count). The number of nitrogens with two attached hydrogens (primary N) is 1. The lowest BCUT2D eigenvalue weighted by Gasteiger charge is -2.26. The van der Waals surface area contributed by atoms with E-state index in [9.17, 15) is 0 Å². The molecule has 0 fully saturated rings. The van der Waals surface area contributed by atoms with Gasteiger partial charge in [0.05, 0.1) is 6.20 Å². The monoisotopic (exact) mass is 239 g/mol. The van der Waals surface area contributed by atoms with Crippen LogP contribution in [-0.2, 0) is 6.54 Å². The summed E-state index contributed by atoms with van der Waals surface area (Å²) in [6, 6.07) is 0. The Labute approximate surface area is 104 Å². The molecule has 0 bridgehead atoms. The molecule has 5 heteroatoms. The lowest BCUT2D eigenvalue weighted by Crippen LogP contribution is -2.32. The maximum absolute atomic E-state index is 5.59. The zero-order valence-electron chi connectivity index (χ0n) is 11.3. The van der Waals surface area contributed by atoms with Crippen LogP contribution in [-0.4, -0.2) is 34.6 Å². The molecule has 0 aromatic carbocycles. The van der Waals surface area contributed by atoms with Crippen molar-refractivity contribution in [3.8, 4) is 0 Å². The summed E-state index contributed by atoms with van der Waals surface area (Å²) in [5.41, 5.74) is 5.59. The van der Waals surface area contributed by atoms with E-state index in [2.05, 4.69) is 36.0 Å². The highest BCUT2D eigenvalue weighted by Gasteiger charge is 2.13. The van der Waals surface area contributed by atoms with Gasteiger partial charge in [-0.05, 0) is 25.3 Å². The number of rotatable bonds is 8. The summed E-state index contributed by atoms with van der Waals surface area (Å²) in [7, 11) is 0. The predicted octanol–water partition coefficient (Wildman–Crippen LogP) is 1.50. The molecule has 0 amide bonds. The van der Waals surface area contributed by atoms with Gasteiger partial charge in [-0.2, -0.15) is 0 Å². The number of hydrogen-bond acceptors (Lipinski definition) is 4. The van der Waals surface area contributed by atoms with E-state index in [-0.39, 0.29) is 0 Å². The second-order valence-electron chi connectivity index (χ2n) is 4.80. The van der Waals surface area contributed by atoms with Crippen LogP contribution < -0.4 is 10.6 Å². The zero-order valence-corrected chi connectivity index (χ0v) is 11.3. The van der Waals surface area contributed by atoms with Crippen LogP contribution in [0.4, 0.5) is 5.82 Å². The van der Waals surface area contributed by atoms with Gasteiger partial charge in [-0.25, -0.2) is 4.68 Å². The maximum Gasteiger partial charge on any atom is 0.147 e. The van der Waals surface area contributed by atoms with Gasteiger partial charge in [0.25, 0.3) is 0 Å². The molecule has 0 unspecified atom stereocenters. The van der Waals surface area contributed by atoms with E-state index in [0.29, 0.717) is 5.92 Å². The van der Waals surface area contributed by atoms with Crippen molar-refractivity contribution in [2.75, 3.05) is 24.5 Å². The normalized spacial score (nSPS) is 11.1. The summed E-state index contributed by atoms with van der Waals surface area (Å²) in [5.74, 6) is 1.74. The van der Waals surface area contributed by atoms with Crippen LogP contribution in [0.1, 0.15) is 33.6 Å². The lowest BCUT2D eigenvalue weighted by atomic mass is 10.2. The summed E-state index contributed by atoms with van der Waals surface area (Å²) >= 11 is 0. The van der Waals surface area contributed by atoms with E-state index in [1.807, 2.05) is 10.9 Å². The Balaban J connectivity index is 2.75. The minimum atomic E-state index is 0.623. The van der Waals surface area contributed by atoms with Crippen molar-refractivity contribution in [3.05, 3.63) is 6.20 Å². The molecule has 2 N–H and O–H groups in total. The first-order chi connectivity index (χ1) is 8.19. The molecule has 0 saturated carbocycles. The Kier molecular flexibility index (Phi) is 5.97. The van der Waals surface area contributed by atoms with Gasteiger partial charge in [-0.15, -0.1) is 5.10 Å². The van der Waals surface area contributed by atoms with Crippen LogP contribution in [0, 0.1) is 5.92 Å². The third-order valence-electron chi connectivity index (χ3n) is 2.57. The molecule has 98 valence electrons. The lowest BCUT2D eigenvalue weighted by molar-refractivity contribution is 0.543. The highest BCUT2D eigenvalue weighted by Crippen LogP contribution is 2.14. The summed E-state index contributed by atoms with van der Waals surface area (Å²) in [6.45, 7) is 10.3. The SMILES string of the molecule is CCCn1nncc1N(CCCN)CC(C)C. The molecule has 5 nitrogen and oxygen atoms in total. The van der Waals surface area contributed by atoms with E-state index in [1.54, 1.807) is 0 Å². The van der Waals surface area contributed by atoms with Crippen molar-refractivity contribution in [3.63, 3.8) is 0 Å². The highest BCUT2D eigenvalue weighted by molar-refractivity contribution is 5.35. The van der Waals surface area contributed by atoms with Crippen LogP contribution in [0.2, 0.25) is 0 Å². The number of hydrogen-bond donors (Lipinski definition) is 1. The van der Waals surface area contributed by atoms with E-state index in [4.69, 9.17) is 5.73 Å². The Morgan fingerprint density at radius 1 is 1.47 bits per heavy atom. The van der Waals surface area contributed by atoms with Gasteiger partial charge in [0.2, 0.25) is 0 Å².